The molecule has 0 spiro atoms. The van der Waals surface area contributed by atoms with Gasteiger partial charge in [-0.25, -0.2) is 30.8 Å². The lowest BCUT2D eigenvalue weighted by Crippen LogP contribution is -2.41. The van der Waals surface area contributed by atoms with Crippen LogP contribution in [0.3, 0.4) is 0 Å². The van der Waals surface area contributed by atoms with Crippen LogP contribution in [-0.4, -0.2) is 43.0 Å². The van der Waals surface area contributed by atoms with Gasteiger partial charge in [0.15, 0.2) is 8.32 Å². The number of hydrogen-bond donors (Lipinski definition) is 1. The molecule has 0 saturated heterocycles. The SMILES string of the molecule is COC(=O)c1cc(Cl)c(C(F)F)c(S(=O)(=O)Nc2cc(-c3ccccc3OCCO[Si](C)(C)C(C)(C)C)c(F)cc2F)c1. The minimum atomic E-state index is -4.99. The molecule has 0 radical (unpaired) electrons. The number of hydrogen-bond acceptors (Lipinski definition) is 6. The summed E-state index contributed by atoms with van der Waals surface area (Å²) in [5, 5.41) is -0.740. The zero-order valence-corrected chi connectivity index (χ0v) is 26.9. The van der Waals surface area contributed by atoms with Crippen molar-refractivity contribution in [3.63, 3.8) is 0 Å². The Balaban J connectivity index is 1.98. The van der Waals surface area contributed by atoms with Crippen molar-refractivity contribution in [1.29, 1.82) is 0 Å². The molecule has 0 aliphatic carbocycles. The van der Waals surface area contributed by atoms with E-state index in [1.54, 1.807) is 18.2 Å². The van der Waals surface area contributed by atoms with Gasteiger partial charge in [0.2, 0.25) is 0 Å². The van der Waals surface area contributed by atoms with Gasteiger partial charge in [-0.15, -0.1) is 0 Å². The van der Waals surface area contributed by atoms with Crippen LogP contribution < -0.4 is 9.46 Å². The summed E-state index contributed by atoms with van der Waals surface area (Å²) in [6, 6.07) is 9.08. The Morgan fingerprint density at radius 2 is 1.65 bits per heavy atom. The summed E-state index contributed by atoms with van der Waals surface area (Å²) < 4.78 is 103. The molecule has 3 aromatic rings. The van der Waals surface area contributed by atoms with Crippen LogP contribution in [0.25, 0.3) is 11.1 Å². The molecule has 0 bridgehead atoms. The van der Waals surface area contributed by atoms with E-state index >= 15 is 4.39 Å². The highest BCUT2D eigenvalue weighted by Gasteiger charge is 2.37. The van der Waals surface area contributed by atoms with Crippen molar-refractivity contribution in [3.05, 3.63) is 76.3 Å². The van der Waals surface area contributed by atoms with Crippen molar-refractivity contribution in [3.8, 4) is 16.9 Å². The zero-order chi connectivity index (χ0) is 32.3. The molecule has 0 aliphatic rings. The Morgan fingerprint density at radius 3 is 2.26 bits per heavy atom. The Labute approximate surface area is 254 Å². The number of para-hydroxylation sites is 1. The van der Waals surface area contributed by atoms with Crippen molar-refractivity contribution in [2.45, 2.75) is 50.2 Å². The second-order valence-corrected chi connectivity index (χ2v) is 17.9. The van der Waals surface area contributed by atoms with E-state index in [9.17, 15) is 26.4 Å². The Morgan fingerprint density at radius 1 is 1.00 bits per heavy atom. The molecule has 0 fully saturated rings. The smallest absolute Gasteiger partial charge is 0.337 e. The summed E-state index contributed by atoms with van der Waals surface area (Å²) in [7, 11) is -6.04. The van der Waals surface area contributed by atoms with E-state index in [4.69, 9.17) is 20.8 Å². The standard InChI is InChI=1S/C29H32ClF4NO6SSi/c1-29(2,3)43(5,6)41-12-11-40-24-10-8-7-9-18(24)19-15-23(22(32)16-21(19)31)35-42(37,38)25-14-17(28(36)39-4)13-20(30)26(25)27(33)34/h7-10,13-16,27,35H,11-12H2,1-6H3. The van der Waals surface area contributed by atoms with Gasteiger partial charge < -0.3 is 13.9 Å². The molecular weight excluding hydrogens is 630 g/mol. The number of rotatable bonds is 11. The number of carbonyl (C=O) groups excluding carboxylic acids is 1. The Hall–Kier alpha value is -3.13. The summed E-state index contributed by atoms with van der Waals surface area (Å²) in [6.07, 6.45) is -3.37. The van der Waals surface area contributed by atoms with Gasteiger partial charge in [-0.1, -0.05) is 50.6 Å². The zero-order valence-electron chi connectivity index (χ0n) is 24.4. The van der Waals surface area contributed by atoms with E-state index in [0.717, 1.165) is 19.2 Å². The third-order valence-electron chi connectivity index (χ3n) is 7.11. The predicted octanol–water partition coefficient (Wildman–Crippen LogP) is 8.21. The molecule has 0 aliphatic heterocycles. The van der Waals surface area contributed by atoms with Crippen LogP contribution in [0.5, 0.6) is 5.75 Å². The summed E-state index contributed by atoms with van der Waals surface area (Å²) in [4.78, 5) is 10.9. The van der Waals surface area contributed by atoms with Gasteiger partial charge in [0.25, 0.3) is 16.4 Å². The molecule has 14 heteroatoms. The molecule has 43 heavy (non-hydrogen) atoms. The first-order chi connectivity index (χ1) is 19.9. The van der Waals surface area contributed by atoms with E-state index in [0.29, 0.717) is 12.1 Å². The van der Waals surface area contributed by atoms with Crippen LogP contribution in [0.1, 0.15) is 43.1 Å². The molecule has 0 amide bonds. The third-order valence-corrected chi connectivity index (χ3v) is 13.4. The van der Waals surface area contributed by atoms with E-state index in [1.807, 2.05) is 4.72 Å². The van der Waals surface area contributed by atoms with Gasteiger partial charge in [0.05, 0.1) is 40.4 Å². The van der Waals surface area contributed by atoms with E-state index in [-0.39, 0.29) is 35.1 Å². The fourth-order valence-electron chi connectivity index (χ4n) is 3.78. The first kappa shape index (κ1) is 34.4. The van der Waals surface area contributed by atoms with Crippen LogP contribution in [0.15, 0.2) is 53.4 Å². The van der Waals surface area contributed by atoms with Crippen LogP contribution in [0.4, 0.5) is 23.2 Å². The molecule has 234 valence electrons. The van der Waals surface area contributed by atoms with Crippen LogP contribution in [0.2, 0.25) is 23.2 Å². The maximum absolute atomic E-state index is 15.1. The summed E-state index contributed by atoms with van der Waals surface area (Å²) >= 11 is 5.89. The number of sulfonamides is 1. The molecule has 3 aromatic carbocycles. The third kappa shape index (κ3) is 7.88. The quantitative estimate of drug-likeness (QED) is 0.0964. The molecule has 0 saturated carbocycles. The van der Waals surface area contributed by atoms with Gasteiger partial charge in [0, 0.05) is 17.2 Å². The number of esters is 1. The number of carbonyl (C=O) groups is 1. The van der Waals surface area contributed by atoms with Crippen molar-refractivity contribution < 1.29 is 44.7 Å². The average Bonchev–Trinajstić information content (AvgIpc) is 2.91. The van der Waals surface area contributed by atoms with Crippen LogP contribution in [-0.2, 0) is 19.2 Å². The highest BCUT2D eigenvalue weighted by Crippen LogP contribution is 2.39. The average molecular weight is 662 g/mol. The first-order valence-corrected chi connectivity index (χ1v) is 17.7. The Bertz CT molecular complexity index is 1610. The highest BCUT2D eigenvalue weighted by molar-refractivity contribution is 7.92. The fourth-order valence-corrected chi connectivity index (χ4v) is 6.49. The number of nitrogens with one attached hydrogen (secondary N) is 1. The number of benzene rings is 3. The second kappa shape index (κ2) is 13.2. The predicted molar refractivity (Wildman–Crippen MR) is 159 cm³/mol. The molecule has 0 aromatic heterocycles. The van der Waals surface area contributed by atoms with E-state index in [1.165, 1.54) is 6.07 Å². The maximum Gasteiger partial charge on any atom is 0.337 e. The van der Waals surface area contributed by atoms with Crippen molar-refractivity contribution in [1.82, 2.24) is 0 Å². The van der Waals surface area contributed by atoms with Gasteiger partial charge in [-0.3, -0.25) is 4.72 Å². The lowest BCUT2D eigenvalue weighted by molar-refractivity contribution is 0.0600. The highest BCUT2D eigenvalue weighted by atomic mass is 35.5. The number of anilines is 1. The molecule has 3 rings (SSSR count). The molecule has 0 atom stereocenters. The van der Waals surface area contributed by atoms with Gasteiger partial charge >= 0.3 is 5.97 Å². The molecule has 1 N–H and O–H groups in total. The number of alkyl halides is 2. The fraction of sp³-hybridized carbons (Fsp3) is 0.345. The largest absolute Gasteiger partial charge is 0.491 e. The maximum atomic E-state index is 15.1. The number of halogens is 5. The second-order valence-electron chi connectivity index (χ2n) is 11.0. The molecule has 0 unspecified atom stereocenters. The van der Waals surface area contributed by atoms with E-state index < -0.39 is 69.1 Å². The monoisotopic (exact) mass is 661 g/mol. The topological polar surface area (TPSA) is 90.9 Å². The summed E-state index contributed by atoms with van der Waals surface area (Å²) in [5.41, 5.74) is -2.33. The summed E-state index contributed by atoms with van der Waals surface area (Å²) in [5.74, 6) is -3.17. The minimum absolute atomic E-state index is 0.0199. The number of ether oxygens (including phenoxy) is 2. The van der Waals surface area contributed by atoms with Crippen molar-refractivity contribution in [2.75, 3.05) is 25.0 Å². The number of methoxy groups -OCH3 is 1. The van der Waals surface area contributed by atoms with Crippen LogP contribution >= 0.6 is 11.6 Å². The minimum Gasteiger partial charge on any atom is -0.491 e. The lowest BCUT2D eigenvalue weighted by atomic mass is 10.0. The van der Waals surface area contributed by atoms with E-state index in [2.05, 4.69) is 38.6 Å². The first-order valence-electron chi connectivity index (χ1n) is 13.0. The lowest BCUT2D eigenvalue weighted by Gasteiger charge is -2.36. The van der Waals surface area contributed by atoms with Gasteiger partial charge in [-0.05, 0) is 42.4 Å². The normalized spacial score (nSPS) is 12.4. The van der Waals surface area contributed by atoms with Crippen molar-refractivity contribution >= 4 is 41.6 Å². The molecule has 0 heterocycles. The Kier molecular flexibility index (Phi) is 10.6. The van der Waals surface area contributed by atoms with Gasteiger partial charge in [0.1, 0.15) is 24.0 Å². The van der Waals surface area contributed by atoms with Crippen LogP contribution in [0, 0.1) is 11.6 Å². The van der Waals surface area contributed by atoms with Gasteiger partial charge in [-0.2, -0.15) is 0 Å². The molecule has 7 nitrogen and oxygen atoms in total. The summed E-state index contributed by atoms with van der Waals surface area (Å²) in [6.45, 7) is 10.8. The molecular formula is C29H32ClF4NO6SSi. The van der Waals surface area contributed by atoms with Crippen molar-refractivity contribution in [2.24, 2.45) is 0 Å².